The normalized spacial score (nSPS) is 19.5. The Labute approximate surface area is 161 Å². The summed E-state index contributed by atoms with van der Waals surface area (Å²) in [6.45, 7) is 0. The zero-order chi connectivity index (χ0) is 19.7. The fourth-order valence-electron chi connectivity index (χ4n) is 3.14. The smallest absolute Gasteiger partial charge is 0.269 e. The largest absolute Gasteiger partial charge is 0.344 e. The maximum Gasteiger partial charge on any atom is 0.269 e. The summed E-state index contributed by atoms with van der Waals surface area (Å²) in [6, 6.07) is 16.9. The fourth-order valence-corrected chi connectivity index (χ4v) is 3.14. The average Bonchev–Trinajstić information content (AvgIpc) is 3.46. The molecule has 1 saturated carbocycles. The Kier molecular flexibility index (Phi) is 4.50. The van der Waals surface area contributed by atoms with Gasteiger partial charge in [-0.3, -0.25) is 10.2 Å². The molecule has 1 aliphatic carbocycles. The van der Waals surface area contributed by atoms with Gasteiger partial charge in [0.05, 0.1) is 17.1 Å². The van der Waals surface area contributed by atoms with Crippen molar-refractivity contribution < 1.29 is 9.18 Å². The Morgan fingerprint density at radius 1 is 1.14 bits per heavy atom. The van der Waals surface area contributed by atoms with E-state index >= 15 is 0 Å². The third kappa shape index (κ3) is 3.55. The van der Waals surface area contributed by atoms with Gasteiger partial charge in [-0.2, -0.15) is 0 Å². The van der Waals surface area contributed by atoms with Gasteiger partial charge in [-0.05, 0) is 18.9 Å². The second kappa shape index (κ2) is 6.99. The van der Waals surface area contributed by atoms with Crippen LogP contribution in [0.15, 0.2) is 59.6 Å². The first-order valence-corrected chi connectivity index (χ1v) is 9.10. The molecule has 4 rings (SSSR count). The number of alkyl halides is 1. The van der Waals surface area contributed by atoms with Gasteiger partial charge < -0.3 is 16.0 Å². The Morgan fingerprint density at radius 3 is 2.54 bits per heavy atom. The molecule has 7 heteroatoms. The van der Waals surface area contributed by atoms with Gasteiger partial charge in [0.1, 0.15) is 11.5 Å². The third-order valence-electron chi connectivity index (χ3n) is 4.89. The highest BCUT2D eigenvalue weighted by molar-refractivity contribution is 6.20. The van der Waals surface area contributed by atoms with Gasteiger partial charge >= 0.3 is 0 Å². The van der Waals surface area contributed by atoms with Crippen molar-refractivity contribution in [2.24, 2.45) is 4.99 Å². The van der Waals surface area contributed by atoms with Crippen molar-refractivity contribution in [1.29, 1.82) is 10.8 Å². The van der Waals surface area contributed by atoms with E-state index in [-0.39, 0.29) is 18.0 Å². The van der Waals surface area contributed by atoms with Gasteiger partial charge in [-0.15, -0.1) is 0 Å². The van der Waals surface area contributed by atoms with E-state index in [2.05, 4.69) is 15.6 Å². The number of aliphatic imine (C=N–C) groups is 1. The molecule has 0 aromatic heterocycles. The molecule has 1 fully saturated rings. The summed E-state index contributed by atoms with van der Waals surface area (Å²) < 4.78 is 14.0. The minimum atomic E-state index is -1.58. The van der Waals surface area contributed by atoms with E-state index < -0.39 is 17.7 Å². The Balaban J connectivity index is 1.63. The Bertz CT molecular complexity index is 981. The van der Waals surface area contributed by atoms with Gasteiger partial charge in [-0.1, -0.05) is 48.5 Å². The summed E-state index contributed by atoms with van der Waals surface area (Å²) in [5.74, 6) is -0.507. The molecule has 1 amide bonds. The van der Waals surface area contributed by atoms with Crippen LogP contribution in [0, 0.1) is 10.8 Å². The van der Waals surface area contributed by atoms with Crippen molar-refractivity contribution in [3.05, 3.63) is 65.7 Å². The zero-order valence-corrected chi connectivity index (χ0v) is 15.1. The third-order valence-corrected chi connectivity index (χ3v) is 4.89. The van der Waals surface area contributed by atoms with Gasteiger partial charge in [0.25, 0.3) is 5.91 Å². The van der Waals surface area contributed by atoms with Crippen LogP contribution >= 0.6 is 0 Å². The van der Waals surface area contributed by atoms with Crippen LogP contribution in [0.25, 0.3) is 0 Å². The van der Waals surface area contributed by atoms with Gasteiger partial charge in [-0.25, -0.2) is 9.38 Å². The first-order valence-electron chi connectivity index (χ1n) is 9.10. The van der Waals surface area contributed by atoms with E-state index in [1.165, 1.54) is 0 Å². The monoisotopic (exact) mass is 377 g/mol. The van der Waals surface area contributed by atoms with Crippen molar-refractivity contribution in [3.63, 3.8) is 0 Å². The number of halogens is 1. The SMILES string of the molecule is N=C(CC(=N)C1(F)CC1)NC1N=C(c2ccccc2)c2ccccc2NC1=O. The number of amidine groups is 1. The lowest BCUT2D eigenvalue weighted by molar-refractivity contribution is -0.117. The number of carbonyl (C=O) groups is 1. The molecule has 1 unspecified atom stereocenters. The quantitative estimate of drug-likeness (QED) is 0.475. The summed E-state index contributed by atoms with van der Waals surface area (Å²) in [5.41, 5.74) is 1.19. The summed E-state index contributed by atoms with van der Waals surface area (Å²) >= 11 is 0. The molecule has 0 saturated heterocycles. The van der Waals surface area contributed by atoms with E-state index in [1.54, 1.807) is 6.07 Å². The predicted octanol–water partition coefficient (Wildman–Crippen LogP) is 3.28. The van der Waals surface area contributed by atoms with Crippen molar-refractivity contribution in [3.8, 4) is 0 Å². The number of hydrogen-bond acceptors (Lipinski definition) is 4. The van der Waals surface area contributed by atoms with Crippen molar-refractivity contribution >= 4 is 28.9 Å². The maximum absolute atomic E-state index is 14.0. The standard InChI is InChI=1S/C21H20FN5O/c22-21(10-11-21)16(23)12-17(24)26-19-20(28)25-15-9-5-4-8-14(15)18(27-19)13-6-2-1-3-7-13/h1-9,19,23H,10-12H2,(H2,24,26)(H,25,28). The van der Waals surface area contributed by atoms with Crippen LogP contribution in [0.3, 0.4) is 0 Å². The number of benzene rings is 2. The van der Waals surface area contributed by atoms with Crippen molar-refractivity contribution in [2.75, 3.05) is 5.32 Å². The summed E-state index contributed by atoms with van der Waals surface area (Å²) in [5, 5.41) is 21.5. The number of amides is 1. The summed E-state index contributed by atoms with van der Waals surface area (Å²) in [4.78, 5) is 17.3. The number of hydrogen-bond donors (Lipinski definition) is 4. The number of nitrogens with zero attached hydrogens (tertiary/aromatic N) is 1. The summed E-state index contributed by atoms with van der Waals surface area (Å²) in [6.07, 6.45) is -0.551. The van der Waals surface area contributed by atoms with Gasteiger partial charge in [0, 0.05) is 17.5 Å². The highest BCUT2D eigenvalue weighted by Crippen LogP contribution is 2.41. The molecule has 1 aliphatic heterocycles. The average molecular weight is 377 g/mol. The predicted molar refractivity (Wildman–Crippen MR) is 107 cm³/mol. The fraction of sp³-hybridized carbons (Fsp3) is 0.238. The van der Waals surface area contributed by atoms with Crippen LogP contribution in [-0.2, 0) is 4.79 Å². The highest BCUT2D eigenvalue weighted by atomic mass is 19.1. The zero-order valence-electron chi connectivity index (χ0n) is 15.1. The molecular weight excluding hydrogens is 357 g/mol. The van der Waals surface area contributed by atoms with E-state index in [9.17, 15) is 9.18 Å². The number of rotatable bonds is 5. The Hall–Kier alpha value is -3.35. The molecule has 2 aromatic carbocycles. The summed E-state index contributed by atoms with van der Waals surface area (Å²) in [7, 11) is 0. The van der Waals surface area contributed by atoms with E-state index in [0.717, 1.165) is 11.1 Å². The van der Waals surface area contributed by atoms with Crippen molar-refractivity contribution in [1.82, 2.24) is 5.32 Å². The second-order valence-electron chi connectivity index (χ2n) is 7.02. The molecule has 2 aliphatic rings. The lowest BCUT2D eigenvalue weighted by Crippen LogP contribution is -2.43. The molecule has 1 atom stereocenters. The number of fused-ring (bicyclic) bond motifs is 1. The lowest BCUT2D eigenvalue weighted by atomic mass is 10.0. The molecule has 142 valence electrons. The molecule has 1 heterocycles. The molecule has 0 bridgehead atoms. The van der Waals surface area contributed by atoms with E-state index in [4.69, 9.17) is 10.8 Å². The molecule has 4 N–H and O–H groups in total. The highest BCUT2D eigenvalue weighted by Gasteiger charge is 2.47. The molecule has 2 aromatic rings. The molecule has 6 nitrogen and oxygen atoms in total. The van der Waals surface area contributed by atoms with E-state index in [1.807, 2.05) is 48.5 Å². The molecule has 0 spiro atoms. The molecule has 28 heavy (non-hydrogen) atoms. The van der Waals surface area contributed by atoms with Crippen LogP contribution in [-0.4, -0.2) is 35.0 Å². The van der Waals surface area contributed by atoms with Crippen LogP contribution < -0.4 is 10.6 Å². The van der Waals surface area contributed by atoms with Crippen LogP contribution in [0.5, 0.6) is 0 Å². The van der Waals surface area contributed by atoms with E-state index in [0.29, 0.717) is 24.2 Å². The number of anilines is 1. The van der Waals surface area contributed by atoms with Crippen molar-refractivity contribution in [2.45, 2.75) is 31.1 Å². The molecule has 0 radical (unpaired) electrons. The maximum atomic E-state index is 14.0. The van der Waals surface area contributed by atoms with Gasteiger partial charge in [0.2, 0.25) is 0 Å². The lowest BCUT2D eigenvalue weighted by Gasteiger charge is -2.16. The number of para-hydroxylation sites is 1. The number of carbonyl (C=O) groups excluding carboxylic acids is 1. The second-order valence-corrected chi connectivity index (χ2v) is 7.02. The first kappa shape index (κ1) is 18.0. The minimum Gasteiger partial charge on any atom is -0.344 e. The first-order chi connectivity index (χ1) is 13.5. The minimum absolute atomic E-state index is 0.101. The Morgan fingerprint density at radius 2 is 1.82 bits per heavy atom. The topological polar surface area (TPSA) is 101 Å². The number of nitrogens with one attached hydrogen (secondary N) is 4. The van der Waals surface area contributed by atoms with Crippen LogP contribution in [0.4, 0.5) is 10.1 Å². The van der Waals surface area contributed by atoms with Crippen LogP contribution in [0.1, 0.15) is 30.4 Å². The number of benzodiazepines with no additional fused rings is 1. The van der Waals surface area contributed by atoms with Gasteiger partial charge in [0.15, 0.2) is 6.17 Å². The molecular formula is C21H20FN5O. The van der Waals surface area contributed by atoms with Crippen LogP contribution in [0.2, 0.25) is 0 Å².